The van der Waals surface area contributed by atoms with Crippen LogP contribution in [0.4, 0.5) is 13.2 Å². The van der Waals surface area contributed by atoms with Crippen molar-refractivity contribution < 1.29 is 22.8 Å². The highest BCUT2D eigenvalue weighted by Gasteiger charge is 2.38. The second-order valence-corrected chi connectivity index (χ2v) is 4.05. The van der Waals surface area contributed by atoms with Crippen LogP contribution in [0.2, 0.25) is 0 Å². The Kier molecular flexibility index (Phi) is 5.18. The van der Waals surface area contributed by atoms with Gasteiger partial charge in [0, 0.05) is 19.2 Å². The molecule has 2 N–H and O–H groups in total. The van der Waals surface area contributed by atoms with Gasteiger partial charge in [-0.25, -0.2) is 0 Å². The van der Waals surface area contributed by atoms with Crippen molar-refractivity contribution in [2.75, 3.05) is 13.1 Å². The summed E-state index contributed by atoms with van der Waals surface area (Å²) < 4.78 is 35.4. The summed E-state index contributed by atoms with van der Waals surface area (Å²) in [6.07, 6.45) is 0.548. The van der Waals surface area contributed by atoms with Crippen molar-refractivity contribution in [2.24, 2.45) is 0 Å². The van der Waals surface area contributed by atoms with E-state index in [9.17, 15) is 22.8 Å². The molecule has 0 radical (unpaired) electrons. The van der Waals surface area contributed by atoms with E-state index in [1.807, 2.05) is 0 Å². The van der Waals surface area contributed by atoms with Gasteiger partial charge < -0.3 is 10.6 Å². The van der Waals surface area contributed by atoms with Gasteiger partial charge in [0.15, 0.2) is 0 Å². The summed E-state index contributed by atoms with van der Waals surface area (Å²) in [5.74, 6) is -2.32. The quantitative estimate of drug-likeness (QED) is 0.593. The monoisotopic (exact) mass is 264 g/mol. The normalized spacial score (nSPS) is 15.4. The Bertz CT molecular complexity index is 343. The summed E-state index contributed by atoms with van der Waals surface area (Å²) >= 11 is 0. The molecule has 0 atom stereocenters. The van der Waals surface area contributed by atoms with E-state index in [0.29, 0.717) is 0 Å². The van der Waals surface area contributed by atoms with Crippen LogP contribution >= 0.6 is 0 Å². The Morgan fingerprint density at radius 3 is 2.22 bits per heavy atom. The molecule has 0 aromatic rings. The molecule has 2 amide bonds. The number of hydrogen-bond acceptors (Lipinski definition) is 2. The first-order valence-electron chi connectivity index (χ1n) is 5.72. The minimum absolute atomic E-state index is 0.0234. The molecule has 4 nitrogen and oxygen atoms in total. The molecule has 0 spiro atoms. The number of carbonyl (C=O) groups excluding carboxylic acids is 2. The second-order valence-electron chi connectivity index (χ2n) is 4.05. The van der Waals surface area contributed by atoms with E-state index in [1.165, 1.54) is 6.08 Å². The lowest BCUT2D eigenvalue weighted by Crippen LogP contribution is -2.41. The predicted octanol–water partition coefficient (Wildman–Crippen LogP) is 1.28. The molecule has 0 aromatic heterocycles. The molecule has 1 saturated carbocycles. The molecule has 1 fully saturated rings. The average molecular weight is 264 g/mol. The van der Waals surface area contributed by atoms with Crippen LogP contribution in [-0.2, 0) is 9.59 Å². The van der Waals surface area contributed by atoms with Crippen molar-refractivity contribution in [2.45, 2.75) is 31.9 Å². The maximum atomic E-state index is 11.8. The molecule has 0 saturated heterocycles. The Hall–Kier alpha value is -1.53. The molecule has 0 bridgehead atoms. The van der Waals surface area contributed by atoms with Crippen LogP contribution in [-0.4, -0.2) is 31.1 Å². The average Bonchev–Trinajstić information content (AvgIpc) is 2.75. The van der Waals surface area contributed by atoms with E-state index in [2.05, 4.69) is 5.32 Å². The van der Waals surface area contributed by atoms with Crippen molar-refractivity contribution in [3.05, 3.63) is 11.6 Å². The first kappa shape index (κ1) is 14.5. The van der Waals surface area contributed by atoms with Crippen molar-refractivity contribution in [3.63, 3.8) is 0 Å². The summed E-state index contributed by atoms with van der Waals surface area (Å²) in [6, 6.07) is 0. The van der Waals surface area contributed by atoms with Crippen LogP contribution in [0.1, 0.15) is 25.7 Å². The number of hydrogen-bond donors (Lipinski definition) is 2. The van der Waals surface area contributed by atoms with Gasteiger partial charge in [0.25, 0.3) is 0 Å². The minimum Gasteiger partial charge on any atom is -0.351 e. The van der Waals surface area contributed by atoms with Crippen LogP contribution in [0.15, 0.2) is 11.6 Å². The zero-order valence-corrected chi connectivity index (χ0v) is 9.77. The minimum atomic E-state index is -4.88. The van der Waals surface area contributed by atoms with Crippen LogP contribution in [0, 0.1) is 0 Å². The maximum absolute atomic E-state index is 11.8. The van der Waals surface area contributed by atoms with E-state index in [4.69, 9.17) is 0 Å². The number of halogens is 3. The first-order valence-corrected chi connectivity index (χ1v) is 5.72. The lowest BCUT2D eigenvalue weighted by molar-refractivity contribution is -0.173. The fraction of sp³-hybridized carbons (Fsp3) is 0.636. The van der Waals surface area contributed by atoms with Gasteiger partial charge in [-0.1, -0.05) is 5.57 Å². The molecule has 0 heterocycles. The smallest absolute Gasteiger partial charge is 0.351 e. The fourth-order valence-corrected chi connectivity index (χ4v) is 1.67. The zero-order chi connectivity index (χ0) is 13.6. The third kappa shape index (κ3) is 5.20. The van der Waals surface area contributed by atoms with Gasteiger partial charge in [-0.15, -0.1) is 0 Å². The molecule has 0 aromatic carbocycles. The summed E-state index contributed by atoms with van der Waals surface area (Å²) in [5.41, 5.74) is 1.06. The van der Waals surface area contributed by atoms with Gasteiger partial charge in [-0.3, -0.25) is 9.59 Å². The Labute approximate surface area is 103 Å². The molecule has 18 heavy (non-hydrogen) atoms. The van der Waals surface area contributed by atoms with E-state index in [0.717, 1.165) is 31.3 Å². The summed E-state index contributed by atoms with van der Waals surface area (Å²) in [6.45, 7) is -0.266. The van der Waals surface area contributed by atoms with Gasteiger partial charge >= 0.3 is 12.1 Å². The van der Waals surface area contributed by atoms with Gasteiger partial charge in [-0.2, -0.15) is 13.2 Å². The van der Waals surface area contributed by atoms with Gasteiger partial charge in [0.2, 0.25) is 5.91 Å². The topological polar surface area (TPSA) is 58.2 Å². The standard InChI is InChI=1S/C11H15F3N2O2/c12-11(13,14)10(18)16-6-5-15-9(17)7-8-3-1-2-4-8/h7H,1-6H2,(H,15,17)(H,16,18). The van der Waals surface area contributed by atoms with Gasteiger partial charge in [0.05, 0.1) is 0 Å². The molecule has 1 rings (SSSR count). The van der Waals surface area contributed by atoms with Crippen LogP contribution < -0.4 is 10.6 Å². The number of carbonyl (C=O) groups is 2. The number of nitrogens with one attached hydrogen (secondary N) is 2. The van der Waals surface area contributed by atoms with Crippen molar-refractivity contribution in [1.29, 1.82) is 0 Å². The zero-order valence-electron chi connectivity index (χ0n) is 9.77. The molecule has 7 heteroatoms. The number of alkyl halides is 3. The SMILES string of the molecule is O=C(C=C1CCCC1)NCCNC(=O)C(F)(F)F. The molecular weight excluding hydrogens is 249 g/mol. The highest BCUT2D eigenvalue weighted by Crippen LogP contribution is 2.23. The molecule has 1 aliphatic rings. The van der Waals surface area contributed by atoms with Gasteiger partial charge in [0.1, 0.15) is 0 Å². The number of allylic oxidation sites excluding steroid dienone is 1. The van der Waals surface area contributed by atoms with Crippen molar-refractivity contribution in [1.82, 2.24) is 10.6 Å². The largest absolute Gasteiger partial charge is 0.471 e. The van der Waals surface area contributed by atoms with Crippen LogP contribution in [0.3, 0.4) is 0 Å². The predicted molar refractivity (Wildman–Crippen MR) is 58.6 cm³/mol. The molecular formula is C11H15F3N2O2. The fourth-order valence-electron chi connectivity index (χ4n) is 1.67. The second kappa shape index (κ2) is 6.42. The van der Waals surface area contributed by atoms with Crippen molar-refractivity contribution >= 4 is 11.8 Å². The Morgan fingerprint density at radius 1 is 1.11 bits per heavy atom. The van der Waals surface area contributed by atoms with Crippen molar-refractivity contribution in [3.8, 4) is 0 Å². The lowest BCUT2D eigenvalue weighted by Gasteiger charge is -2.08. The maximum Gasteiger partial charge on any atom is 0.471 e. The summed E-state index contributed by atoms with van der Waals surface area (Å²) in [7, 11) is 0. The molecule has 1 aliphatic carbocycles. The van der Waals surface area contributed by atoms with E-state index in [1.54, 1.807) is 5.32 Å². The highest BCUT2D eigenvalue weighted by molar-refractivity contribution is 5.88. The van der Waals surface area contributed by atoms with Crippen LogP contribution in [0.5, 0.6) is 0 Å². The third-order valence-electron chi connectivity index (χ3n) is 2.55. The molecule has 0 unspecified atom stereocenters. The van der Waals surface area contributed by atoms with Crippen LogP contribution in [0.25, 0.3) is 0 Å². The third-order valence-corrected chi connectivity index (χ3v) is 2.55. The Balaban J connectivity index is 2.16. The number of amides is 2. The lowest BCUT2D eigenvalue weighted by atomic mass is 10.2. The Morgan fingerprint density at radius 2 is 1.67 bits per heavy atom. The van der Waals surface area contributed by atoms with E-state index < -0.39 is 12.1 Å². The van der Waals surface area contributed by atoms with E-state index in [-0.39, 0.29) is 19.0 Å². The highest BCUT2D eigenvalue weighted by atomic mass is 19.4. The van der Waals surface area contributed by atoms with Gasteiger partial charge in [-0.05, 0) is 25.7 Å². The first-order chi connectivity index (χ1) is 8.39. The van der Waals surface area contributed by atoms with E-state index >= 15 is 0 Å². The summed E-state index contributed by atoms with van der Waals surface area (Å²) in [4.78, 5) is 21.7. The molecule has 102 valence electrons. The number of rotatable bonds is 4. The molecule has 0 aliphatic heterocycles. The summed E-state index contributed by atoms with van der Waals surface area (Å²) in [5, 5.41) is 4.09.